The van der Waals surface area contributed by atoms with Crippen LogP contribution < -0.4 is 5.73 Å². The number of aromatic nitrogens is 2. The van der Waals surface area contributed by atoms with Crippen molar-refractivity contribution >= 4 is 5.82 Å². The van der Waals surface area contributed by atoms with Crippen LogP contribution in [0.25, 0.3) is 0 Å². The van der Waals surface area contributed by atoms with E-state index < -0.39 is 0 Å². The lowest BCUT2D eigenvalue weighted by molar-refractivity contribution is 0.116. The van der Waals surface area contributed by atoms with Gasteiger partial charge in [0, 0.05) is 17.9 Å². The van der Waals surface area contributed by atoms with Crippen LogP contribution in [-0.2, 0) is 11.3 Å². The van der Waals surface area contributed by atoms with Crippen molar-refractivity contribution in [2.24, 2.45) is 0 Å². The van der Waals surface area contributed by atoms with E-state index in [-0.39, 0.29) is 0 Å². The van der Waals surface area contributed by atoms with Crippen LogP contribution in [0.2, 0.25) is 0 Å². The molecule has 0 atom stereocenters. The number of anilines is 1. The molecule has 4 nitrogen and oxygen atoms in total. The summed E-state index contributed by atoms with van der Waals surface area (Å²) in [7, 11) is 0. The van der Waals surface area contributed by atoms with Crippen LogP contribution in [0.15, 0.2) is 0 Å². The third kappa shape index (κ3) is 3.17. The maximum atomic E-state index is 5.92. The molecule has 0 bridgehead atoms. The Morgan fingerprint density at radius 1 is 1.31 bits per heavy atom. The van der Waals surface area contributed by atoms with E-state index in [9.17, 15) is 0 Å². The first-order valence-corrected chi connectivity index (χ1v) is 5.76. The molecule has 16 heavy (non-hydrogen) atoms. The second kappa shape index (κ2) is 5.80. The number of nitrogens with two attached hydrogens (primary N) is 1. The zero-order valence-corrected chi connectivity index (χ0v) is 10.6. The van der Waals surface area contributed by atoms with Crippen molar-refractivity contribution in [1.29, 1.82) is 0 Å². The number of hydrogen-bond donors (Lipinski definition) is 1. The molecule has 1 heterocycles. The average Bonchev–Trinajstić information content (AvgIpc) is 2.16. The van der Waals surface area contributed by atoms with Crippen LogP contribution >= 0.6 is 0 Å². The number of rotatable bonds is 5. The zero-order valence-electron chi connectivity index (χ0n) is 10.6. The maximum Gasteiger partial charge on any atom is 0.156 e. The van der Waals surface area contributed by atoms with Crippen LogP contribution in [0.1, 0.15) is 50.2 Å². The first kappa shape index (κ1) is 12.9. The summed E-state index contributed by atoms with van der Waals surface area (Å²) in [6.07, 6.45) is 0.999. The Balaban J connectivity index is 2.83. The summed E-state index contributed by atoms with van der Waals surface area (Å²) < 4.78 is 5.40. The fraction of sp³-hybridized carbons (Fsp3) is 0.667. The molecule has 0 aliphatic carbocycles. The lowest BCUT2D eigenvalue weighted by Crippen LogP contribution is -2.09. The Morgan fingerprint density at radius 2 is 2.00 bits per heavy atom. The molecular formula is C12H21N3O. The van der Waals surface area contributed by atoms with E-state index >= 15 is 0 Å². The maximum absolute atomic E-state index is 5.92. The van der Waals surface area contributed by atoms with Crippen LogP contribution in [0.4, 0.5) is 5.82 Å². The number of ether oxygens (including phenoxy) is 1. The smallest absolute Gasteiger partial charge is 0.156 e. The van der Waals surface area contributed by atoms with Gasteiger partial charge in [-0.1, -0.05) is 20.8 Å². The zero-order chi connectivity index (χ0) is 12.1. The van der Waals surface area contributed by atoms with Gasteiger partial charge < -0.3 is 10.5 Å². The molecule has 0 saturated heterocycles. The largest absolute Gasteiger partial charge is 0.383 e. The molecule has 90 valence electrons. The Morgan fingerprint density at radius 3 is 2.50 bits per heavy atom. The minimum Gasteiger partial charge on any atom is -0.383 e. The van der Waals surface area contributed by atoms with Crippen LogP contribution in [0.5, 0.6) is 0 Å². The standard InChI is InChI=1S/C12H21N3O/c1-5-6-16-7-10-14-9(4)11(8(2)3)12(13)15-10/h8H,5-7H2,1-4H3,(H2,13,14,15). The first-order valence-electron chi connectivity index (χ1n) is 5.76. The normalized spacial score (nSPS) is 11.1. The molecule has 0 saturated carbocycles. The Hall–Kier alpha value is -1.16. The molecule has 2 N–H and O–H groups in total. The molecule has 0 amide bonds. The van der Waals surface area contributed by atoms with E-state index in [2.05, 4.69) is 30.7 Å². The molecule has 0 fully saturated rings. The fourth-order valence-corrected chi connectivity index (χ4v) is 1.75. The van der Waals surface area contributed by atoms with Gasteiger partial charge >= 0.3 is 0 Å². The second-order valence-electron chi connectivity index (χ2n) is 4.23. The summed E-state index contributed by atoms with van der Waals surface area (Å²) in [4.78, 5) is 8.68. The van der Waals surface area contributed by atoms with E-state index in [1.807, 2.05) is 6.92 Å². The lowest BCUT2D eigenvalue weighted by atomic mass is 10.0. The van der Waals surface area contributed by atoms with Crippen molar-refractivity contribution in [2.45, 2.75) is 46.6 Å². The first-order chi connectivity index (χ1) is 7.56. The van der Waals surface area contributed by atoms with Gasteiger partial charge in [0.2, 0.25) is 0 Å². The molecule has 0 radical (unpaired) electrons. The Labute approximate surface area is 97.2 Å². The van der Waals surface area contributed by atoms with E-state index in [1.54, 1.807) is 0 Å². The van der Waals surface area contributed by atoms with Gasteiger partial charge in [0.1, 0.15) is 12.4 Å². The number of hydrogen-bond acceptors (Lipinski definition) is 4. The Kier molecular flexibility index (Phi) is 4.68. The van der Waals surface area contributed by atoms with Crippen molar-refractivity contribution in [1.82, 2.24) is 9.97 Å². The Bertz CT molecular complexity index is 327. The highest BCUT2D eigenvalue weighted by Gasteiger charge is 2.12. The van der Waals surface area contributed by atoms with Crippen molar-refractivity contribution in [3.05, 3.63) is 17.1 Å². The summed E-state index contributed by atoms with van der Waals surface area (Å²) in [6, 6.07) is 0. The molecular weight excluding hydrogens is 202 g/mol. The average molecular weight is 223 g/mol. The molecule has 4 heteroatoms. The summed E-state index contributed by atoms with van der Waals surface area (Å²) in [5.74, 6) is 1.61. The van der Waals surface area contributed by atoms with Gasteiger partial charge in [-0.05, 0) is 19.3 Å². The van der Waals surface area contributed by atoms with Gasteiger partial charge in [-0.15, -0.1) is 0 Å². The molecule has 0 unspecified atom stereocenters. The van der Waals surface area contributed by atoms with Crippen molar-refractivity contribution < 1.29 is 4.74 Å². The summed E-state index contributed by atoms with van der Waals surface area (Å²) in [5.41, 5.74) is 7.92. The summed E-state index contributed by atoms with van der Waals surface area (Å²) in [6.45, 7) is 9.40. The van der Waals surface area contributed by atoms with E-state index in [0.29, 0.717) is 24.2 Å². The lowest BCUT2D eigenvalue weighted by Gasteiger charge is -2.13. The van der Waals surface area contributed by atoms with E-state index in [1.165, 1.54) is 0 Å². The molecule has 0 aliphatic rings. The van der Waals surface area contributed by atoms with Gasteiger partial charge in [-0.25, -0.2) is 9.97 Å². The minimum atomic E-state index is 0.352. The summed E-state index contributed by atoms with van der Waals surface area (Å²) >= 11 is 0. The number of nitrogens with zero attached hydrogens (tertiary/aromatic N) is 2. The second-order valence-corrected chi connectivity index (χ2v) is 4.23. The highest BCUT2D eigenvalue weighted by atomic mass is 16.5. The summed E-state index contributed by atoms with van der Waals surface area (Å²) in [5, 5.41) is 0. The predicted molar refractivity (Wildman–Crippen MR) is 65.2 cm³/mol. The molecule has 0 spiro atoms. The van der Waals surface area contributed by atoms with E-state index in [0.717, 1.165) is 24.3 Å². The number of nitrogen functional groups attached to an aromatic ring is 1. The van der Waals surface area contributed by atoms with Crippen LogP contribution in [0.3, 0.4) is 0 Å². The molecule has 1 rings (SSSR count). The van der Waals surface area contributed by atoms with Crippen molar-refractivity contribution in [3.8, 4) is 0 Å². The van der Waals surface area contributed by atoms with Crippen LogP contribution in [-0.4, -0.2) is 16.6 Å². The molecule has 1 aromatic heterocycles. The van der Waals surface area contributed by atoms with Gasteiger partial charge in [0.05, 0.1) is 0 Å². The minimum absolute atomic E-state index is 0.352. The van der Waals surface area contributed by atoms with Gasteiger partial charge in [-0.3, -0.25) is 0 Å². The molecule has 0 aromatic carbocycles. The highest BCUT2D eigenvalue weighted by Crippen LogP contribution is 2.22. The van der Waals surface area contributed by atoms with Gasteiger partial charge in [-0.2, -0.15) is 0 Å². The topological polar surface area (TPSA) is 61.0 Å². The third-order valence-electron chi connectivity index (χ3n) is 2.37. The highest BCUT2D eigenvalue weighted by molar-refractivity contribution is 5.43. The third-order valence-corrected chi connectivity index (χ3v) is 2.37. The SMILES string of the molecule is CCCOCc1nc(C)c(C(C)C)c(N)n1. The monoisotopic (exact) mass is 223 g/mol. The predicted octanol–water partition coefficient (Wildman–Crippen LogP) is 2.42. The van der Waals surface area contributed by atoms with Gasteiger partial charge in [0.15, 0.2) is 5.82 Å². The molecule has 1 aromatic rings. The van der Waals surface area contributed by atoms with Crippen molar-refractivity contribution in [3.63, 3.8) is 0 Å². The van der Waals surface area contributed by atoms with E-state index in [4.69, 9.17) is 10.5 Å². The van der Waals surface area contributed by atoms with Gasteiger partial charge in [0.25, 0.3) is 0 Å². The molecule has 0 aliphatic heterocycles. The fourth-order valence-electron chi connectivity index (χ4n) is 1.75. The number of aryl methyl sites for hydroxylation is 1. The quantitative estimate of drug-likeness (QED) is 0.779. The van der Waals surface area contributed by atoms with Crippen LogP contribution in [0, 0.1) is 6.92 Å². The van der Waals surface area contributed by atoms with Crippen molar-refractivity contribution in [2.75, 3.05) is 12.3 Å².